The second kappa shape index (κ2) is 5.31. The Bertz CT molecular complexity index is 416. The van der Waals surface area contributed by atoms with Gasteiger partial charge in [0.2, 0.25) is 0 Å². The summed E-state index contributed by atoms with van der Waals surface area (Å²) in [5, 5.41) is 3.42. The van der Waals surface area contributed by atoms with Crippen molar-refractivity contribution in [3.8, 4) is 5.75 Å². The van der Waals surface area contributed by atoms with E-state index >= 15 is 0 Å². The Hall–Kier alpha value is -1.02. The number of ether oxygens (including phenoxy) is 1. The summed E-state index contributed by atoms with van der Waals surface area (Å²) >= 11 is 0. The lowest BCUT2D eigenvalue weighted by molar-refractivity contribution is 0.246. The molecule has 3 rings (SSSR count). The second-order valence-corrected chi connectivity index (χ2v) is 5.92. The van der Waals surface area contributed by atoms with E-state index < -0.39 is 0 Å². The number of nitrogens with one attached hydrogen (secondary N) is 1. The first-order valence-electron chi connectivity index (χ1n) is 7.27. The lowest BCUT2D eigenvalue weighted by atomic mass is 10.00. The number of benzene rings is 1. The highest BCUT2D eigenvalue weighted by atomic mass is 16.5. The Labute approximate surface area is 110 Å². The molecule has 2 unspecified atom stereocenters. The number of rotatable bonds is 3. The van der Waals surface area contributed by atoms with Gasteiger partial charge in [0, 0.05) is 6.54 Å². The third kappa shape index (κ3) is 2.54. The van der Waals surface area contributed by atoms with Crippen molar-refractivity contribution in [3.63, 3.8) is 0 Å². The zero-order chi connectivity index (χ0) is 12.4. The molecule has 0 aromatic heterocycles. The first-order chi connectivity index (χ1) is 8.83. The highest BCUT2D eigenvalue weighted by Gasteiger charge is 2.22. The molecule has 1 aliphatic carbocycles. The molecule has 0 amide bonds. The molecule has 1 N–H and O–H groups in total. The van der Waals surface area contributed by atoms with E-state index in [1.807, 2.05) is 0 Å². The Morgan fingerprint density at radius 2 is 2.28 bits per heavy atom. The average molecular weight is 245 g/mol. The summed E-state index contributed by atoms with van der Waals surface area (Å²) < 4.78 is 6.11. The number of fused-ring (bicyclic) bond motifs is 1. The van der Waals surface area contributed by atoms with Crippen molar-refractivity contribution in [3.05, 3.63) is 29.3 Å². The summed E-state index contributed by atoms with van der Waals surface area (Å²) in [7, 11) is 0. The van der Waals surface area contributed by atoms with E-state index in [1.165, 1.54) is 30.4 Å². The minimum Gasteiger partial charge on any atom is -0.493 e. The van der Waals surface area contributed by atoms with Crippen LogP contribution in [0.5, 0.6) is 5.75 Å². The normalized spacial score (nSPS) is 26.9. The van der Waals surface area contributed by atoms with Crippen LogP contribution in [-0.4, -0.2) is 13.2 Å². The minimum atomic E-state index is 0.776. The van der Waals surface area contributed by atoms with Gasteiger partial charge in [-0.1, -0.05) is 25.5 Å². The van der Waals surface area contributed by atoms with Gasteiger partial charge in [0.1, 0.15) is 5.75 Å². The smallest absolute Gasteiger partial charge is 0.122 e. The maximum atomic E-state index is 6.11. The van der Waals surface area contributed by atoms with E-state index in [-0.39, 0.29) is 0 Å². The van der Waals surface area contributed by atoms with Crippen LogP contribution in [0.3, 0.4) is 0 Å². The third-order valence-corrected chi connectivity index (χ3v) is 4.38. The van der Waals surface area contributed by atoms with E-state index in [9.17, 15) is 0 Å². The van der Waals surface area contributed by atoms with Gasteiger partial charge in [0.05, 0.1) is 6.61 Å². The van der Waals surface area contributed by atoms with Gasteiger partial charge in [-0.2, -0.15) is 0 Å². The molecule has 18 heavy (non-hydrogen) atoms. The summed E-state index contributed by atoms with van der Waals surface area (Å²) in [5.41, 5.74) is 2.85. The summed E-state index contributed by atoms with van der Waals surface area (Å²) in [6.45, 7) is 5.34. The van der Waals surface area contributed by atoms with Crippen LogP contribution in [-0.2, 0) is 13.0 Å². The summed E-state index contributed by atoms with van der Waals surface area (Å²) in [6.07, 6.45) is 5.17. The van der Waals surface area contributed by atoms with Gasteiger partial charge in [-0.05, 0) is 54.8 Å². The fourth-order valence-electron chi connectivity index (χ4n) is 3.32. The lowest BCUT2D eigenvalue weighted by Crippen LogP contribution is -2.24. The van der Waals surface area contributed by atoms with E-state index in [1.54, 1.807) is 0 Å². The molecule has 0 bridgehead atoms. The van der Waals surface area contributed by atoms with Crippen molar-refractivity contribution in [2.45, 2.75) is 39.2 Å². The number of hydrogen-bond donors (Lipinski definition) is 1. The quantitative estimate of drug-likeness (QED) is 0.883. The molecule has 1 aromatic carbocycles. The zero-order valence-corrected chi connectivity index (χ0v) is 11.2. The van der Waals surface area contributed by atoms with Crippen LogP contribution in [0.15, 0.2) is 18.2 Å². The van der Waals surface area contributed by atoms with Crippen LogP contribution in [0.2, 0.25) is 0 Å². The van der Waals surface area contributed by atoms with Gasteiger partial charge < -0.3 is 10.1 Å². The van der Waals surface area contributed by atoms with E-state index in [2.05, 4.69) is 30.4 Å². The van der Waals surface area contributed by atoms with Gasteiger partial charge in [-0.3, -0.25) is 0 Å². The van der Waals surface area contributed by atoms with Gasteiger partial charge in [0.25, 0.3) is 0 Å². The number of hydrogen-bond acceptors (Lipinski definition) is 2. The van der Waals surface area contributed by atoms with Gasteiger partial charge in [-0.15, -0.1) is 0 Å². The Morgan fingerprint density at radius 1 is 1.33 bits per heavy atom. The maximum Gasteiger partial charge on any atom is 0.122 e. The summed E-state index contributed by atoms with van der Waals surface area (Å²) in [4.78, 5) is 0. The van der Waals surface area contributed by atoms with Gasteiger partial charge in [-0.25, -0.2) is 0 Å². The van der Waals surface area contributed by atoms with Gasteiger partial charge in [0.15, 0.2) is 0 Å². The monoisotopic (exact) mass is 245 g/mol. The molecule has 2 heteroatoms. The SMILES string of the molecule is CC1CCC(COc2cccc3c2CCNC3)C1. The van der Waals surface area contributed by atoms with Crippen molar-refractivity contribution in [1.82, 2.24) is 5.32 Å². The van der Waals surface area contributed by atoms with E-state index in [4.69, 9.17) is 4.74 Å². The molecule has 98 valence electrons. The molecule has 2 nitrogen and oxygen atoms in total. The van der Waals surface area contributed by atoms with Crippen molar-refractivity contribution < 1.29 is 4.74 Å². The molecule has 1 aliphatic heterocycles. The van der Waals surface area contributed by atoms with Crippen molar-refractivity contribution >= 4 is 0 Å². The topological polar surface area (TPSA) is 21.3 Å². The van der Waals surface area contributed by atoms with Gasteiger partial charge >= 0.3 is 0 Å². The zero-order valence-electron chi connectivity index (χ0n) is 11.2. The molecule has 2 atom stereocenters. The highest BCUT2D eigenvalue weighted by molar-refractivity contribution is 5.41. The van der Waals surface area contributed by atoms with Crippen molar-refractivity contribution in [1.29, 1.82) is 0 Å². The molecule has 1 heterocycles. The van der Waals surface area contributed by atoms with E-state index in [0.29, 0.717) is 0 Å². The Kier molecular flexibility index (Phi) is 3.55. The van der Waals surface area contributed by atoms with Crippen LogP contribution in [0.25, 0.3) is 0 Å². The molecule has 0 saturated heterocycles. The predicted molar refractivity (Wildman–Crippen MR) is 73.9 cm³/mol. The fourth-order valence-corrected chi connectivity index (χ4v) is 3.32. The van der Waals surface area contributed by atoms with Crippen LogP contribution in [0.1, 0.15) is 37.3 Å². The molecule has 0 radical (unpaired) electrons. The average Bonchev–Trinajstić information content (AvgIpc) is 2.82. The van der Waals surface area contributed by atoms with Crippen LogP contribution in [0.4, 0.5) is 0 Å². The molecule has 2 aliphatic rings. The third-order valence-electron chi connectivity index (χ3n) is 4.38. The summed E-state index contributed by atoms with van der Waals surface area (Å²) in [5.74, 6) is 2.80. The standard InChI is InChI=1S/C16H23NO/c1-12-5-6-13(9-12)11-18-16-4-2-3-14-10-17-8-7-15(14)16/h2-4,12-13,17H,5-11H2,1H3. The first-order valence-corrected chi connectivity index (χ1v) is 7.27. The largest absolute Gasteiger partial charge is 0.493 e. The Morgan fingerprint density at radius 3 is 3.11 bits per heavy atom. The molecule has 1 fully saturated rings. The Balaban J connectivity index is 1.65. The highest BCUT2D eigenvalue weighted by Crippen LogP contribution is 2.32. The second-order valence-electron chi connectivity index (χ2n) is 5.92. The van der Waals surface area contributed by atoms with Crippen molar-refractivity contribution in [2.24, 2.45) is 11.8 Å². The first kappa shape index (κ1) is 12.0. The molecule has 0 spiro atoms. The van der Waals surface area contributed by atoms with E-state index in [0.717, 1.165) is 43.7 Å². The molecule has 1 saturated carbocycles. The fraction of sp³-hybridized carbons (Fsp3) is 0.625. The van der Waals surface area contributed by atoms with Crippen LogP contribution < -0.4 is 10.1 Å². The molecular formula is C16H23NO. The van der Waals surface area contributed by atoms with Crippen LogP contribution in [0, 0.1) is 11.8 Å². The summed E-state index contributed by atoms with van der Waals surface area (Å²) in [6, 6.07) is 6.48. The maximum absolute atomic E-state index is 6.11. The van der Waals surface area contributed by atoms with Crippen LogP contribution >= 0.6 is 0 Å². The minimum absolute atomic E-state index is 0.776. The molecular weight excluding hydrogens is 222 g/mol. The lowest BCUT2D eigenvalue weighted by Gasteiger charge is -2.21. The predicted octanol–water partition coefficient (Wildman–Crippen LogP) is 3.15. The molecule has 1 aromatic rings. The van der Waals surface area contributed by atoms with Crippen molar-refractivity contribution in [2.75, 3.05) is 13.2 Å².